The molecule has 1 aromatic carbocycles. The number of methoxy groups -OCH3 is 1. The number of ether oxygens (including phenoxy) is 3. The Labute approximate surface area is 151 Å². The molecule has 0 aliphatic heterocycles. The molecular formula is C17H22ClNO6. The minimum absolute atomic E-state index is 0.177. The van der Waals surface area contributed by atoms with Gasteiger partial charge in [-0.25, -0.2) is 9.59 Å². The number of hydrogen-bond donors (Lipinski definition) is 1. The van der Waals surface area contributed by atoms with Crippen LogP contribution in [0.5, 0.6) is 5.75 Å². The highest BCUT2D eigenvalue weighted by atomic mass is 35.5. The summed E-state index contributed by atoms with van der Waals surface area (Å²) < 4.78 is 14.7. The molecule has 1 N–H and O–H groups in total. The van der Waals surface area contributed by atoms with Crippen LogP contribution in [-0.4, -0.2) is 44.2 Å². The van der Waals surface area contributed by atoms with Crippen LogP contribution >= 0.6 is 11.6 Å². The monoisotopic (exact) mass is 371 g/mol. The second kappa shape index (κ2) is 10.6. The lowest BCUT2D eigenvalue weighted by Crippen LogP contribution is -2.44. The van der Waals surface area contributed by atoms with E-state index in [1.807, 2.05) is 13.8 Å². The number of carbonyl (C=O) groups is 3. The van der Waals surface area contributed by atoms with Gasteiger partial charge in [-0.05, 0) is 24.5 Å². The number of rotatable bonds is 9. The minimum Gasteiger partial charge on any atom is -0.480 e. The van der Waals surface area contributed by atoms with Crippen LogP contribution in [-0.2, 0) is 23.9 Å². The van der Waals surface area contributed by atoms with E-state index in [1.54, 1.807) is 24.3 Å². The molecule has 0 saturated carbocycles. The molecule has 1 amide bonds. The van der Waals surface area contributed by atoms with Crippen molar-refractivity contribution in [3.63, 3.8) is 0 Å². The normalized spacial score (nSPS) is 11.6. The Balaban J connectivity index is 2.40. The van der Waals surface area contributed by atoms with Crippen molar-refractivity contribution in [1.82, 2.24) is 5.32 Å². The molecule has 0 heterocycles. The van der Waals surface area contributed by atoms with Crippen molar-refractivity contribution in [2.45, 2.75) is 26.3 Å². The summed E-state index contributed by atoms with van der Waals surface area (Å²) >= 11 is 5.89. The third-order valence-corrected chi connectivity index (χ3v) is 3.39. The van der Waals surface area contributed by atoms with Crippen LogP contribution < -0.4 is 10.1 Å². The van der Waals surface area contributed by atoms with E-state index in [4.69, 9.17) is 21.1 Å². The number of nitrogens with one attached hydrogen (secondary N) is 1. The Hall–Kier alpha value is -2.28. The van der Waals surface area contributed by atoms with Crippen LogP contribution in [0, 0.1) is 5.92 Å². The van der Waals surface area contributed by atoms with Crippen molar-refractivity contribution < 1.29 is 28.6 Å². The van der Waals surface area contributed by atoms with E-state index in [2.05, 4.69) is 10.1 Å². The van der Waals surface area contributed by atoms with E-state index in [1.165, 1.54) is 7.11 Å². The molecule has 1 atom stereocenters. The highest BCUT2D eigenvalue weighted by Crippen LogP contribution is 2.22. The molecule has 0 unspecified atom stereocenters. The zero-order valence-electron chi connectivity index (χ0n) is 14.4. The number of esters is 2. The summed E-state index contributed by atoms with van der Waals surface area (Å²) in [7, 11) is 1.24. The highest BCUT2D eigenvalue weighted by molar-refractivity contribution is 6.32. The van der Waals surface area contributed by atoms with Gasteiger partial charge in [0.2, 0.25) is 0 Å². The second-order valence-corrected chi connectivity index (χ2v) is 6.06. The molecule has 0 aliphatic carbocycles. The molecule has 7 nitrogen and oxygen atoms in total. The molecule has 0 fully saturated rings. The first-order valence-corrected chi connectivity index (χ1v) is 8.11. The smallest absolute Gasteiger partial charge is 0.344 e. The quantitative estimate of drug-likeness (QED) is 0.667. The van der Waals surface area contributed by atoms with E-state index in [0.29, 0.717) is 17.2 Å². The third-order valence-electron chi connectivity index (χ3n) is 3.07. The Morgan fingerprint density at radius 2 is 1.84 bits per heavy atom. The van der Waals surface area contributed by atoms with Gasteiger partial charge in [-0.1, -0.05) is 37.6 Å². The van der Waals surface area contributed by atoms with Gasteiger partial charge in [0, 0.05) is 0 Å². The number of para-hydroxylation sites is 1. The molecule has 0 radical (unpaired) electrons. The predicted octanol–water partition coefficient (Wildman–Crippen LogP) is 1.97. The molecule has 0 saturated heterocycles. The van der Waals surface area contributed by atoms with Gasteiger partial charge < -0.3 is 19.5 Å². The van der Waals surface area contributed by atoms with Crippen LogP contribution in [0.25, 0.3) is 0 Å². The number of hydrogen-bond acceptors (Lipinski definition) is 6. The van der Waals surface area contributed by atoms with Gasteiger partial charge in [0.05, 0.1) is 12.1 Å². The summed E-state index contributed by atoms with van der Waals surface area (Å²) in [6.45, 7) is 2.92. The predicted molar refractivity (Wildman–Crippen MR) is 91.3 cm³/mol. The first-order chi connectivity index (χ1) is 11.8. The molecular weight excluding hydrogens is 350 g/mol. The average molecular weight is 372 g/mol. The van der Waals surface area contributed by atoms with Gasteiger partial charge in [0.25, 0.3) is 5.91 Å². The maximum atomic E-state index is 11.8. The van der Waals surface area contributed by atoms with Crippen molar-refractivity contribution >= 4 is 29.4 Å². The summed E-state index contributed by atoms with van der Waals surface area (Å²) in [5.41, 5.74) is 0. The van der Waals surface area contributed by atoms with Gasteiger partial charge in [-0.2, -0.15) is 0 Å². The number of benzene rings is 1. The lowest BCUT2D eigenvalue weighted by atomic mass is 10.0. The van der Waals surface area contributed by atoms with E-state index in [0.717, 1.165) is 0 Å². The van der Waals surface area contributed by atoms with E-state index in [-0.39, 0.29) is 12.5 Å². The summed E-state index contributed by atoms with van der Waals surface area (Å²) in [6, 6.07) is 5.89. The van der Waals surface area contributed by atoms with Crippen molar-refractivity contribution in [2.75, 3.05) is 20.3 Å². The Bertz CT molecular complexity index is 605. The minimum atomic E-state index is -0.782. The molecule has 0 bridgehead atoms. The fraction of sp³-hybridized carbons (Fsp3) is 0.471. The maximum absolute atomic E-state index is 11.8. The van der Waals surface area contributed by atoms with E-state index >= 15 is 0 Å². The first kappa shape index (κ1) is 20.8. The standard InChI is InChI=1S/C17H22ClNO6/c1-11(2)8-13(17(22)23-3)19-15(20)9-25-16(21)10-24-14-7-5-4-6-12(14)18/h4-7,11,13H,8-10H2,1-3H3,(H,19,20)/t13-/m1/s1. The van der Waals surface area contributed by atoms with Crippen LogP contribution in [0.3, 0.4) is 0 Å². The molecule has 8 heteroatoms. The molecule has 1 rings (SSSR count). The zero-order valence-corrected chi connectivity index (χ0v) is 15.2. The first-order valence-electron chi connectivity index (χ1n) is 7.73. The van der Waals surface area contributed by atoms with Crippen molar-refractivity contribution in [1.29, 1.82) is 0 Å². The lowest BCUT2D eigenvalue weighted by Gasteiger charge is -2.18. The Kier molecular flexibility index (Phi) is 8.77. The largest absolute Gasteiger partial charge is 0.480 e. The number of amides is 1. The summed E-state index contributed by atoms with van der Waals surface area (Å²) in [5, 5.41) is 2.85. The van der Waals surface area contributed by atoms with E-state index in [9.17, 15) is 14.4 Å². The van der Waals surface area contributed by atoms with Gasteiger partial charge in [-0.15, -0.1) is 0 Å². The number of halogens is 1. The molecule has 0 aliphatic rings. The Morgan fingerprint density at radius 1 is 1.16 bits per heavy atom. The molecule has 0 aromatic heterocycles. The van der Waals surface area contributed by atoms with Crippen molar-refractivity contribution in [3.8, 4) is 5.75 Å². The van der Waals surface area contributed by atoms with Gasteiger partial charge in [0.15, 0.2) is 13.2 Å². The van der Waals surface area contributed by atoms with Crippen LogP contribution in [0.15, 0.2) is 24.3 Å². The SMILES string of the molecule is COC(=O)[C@@H](CC(C)C)NC(=O)COC(=O)COc1ccccc1Cl. The molecule has 25 heavy (non-hydrogen) atoms. The zero-order chi connectivity index (χ0) is 18.8. The summed E-state index contributed by atoms with van der Waals surface area (Å²) in [6.07, 6.45) is 0.419. The van der Waals surface area contributed by atoms with Crippen molar-refractivity contribution in [3.05, 3.63) is 29.3 Å². The van der Waals surface area contributed by atoms with E-state index < -0.39 is 30.5 Å². The van der Waals surface area contributed by atoms with Gasteiger partial charge in [0.1, 0.15) is 11.8 Å². The van der Waals surface area contributed by atoms with Crippen LogP contribution in [0.4, 0.5) is 0 Å². The lowest BCUT2D eigenvalue weighted by molar-refractivity contribution is -0.151. The fourth-order valence-electron chi connectivity index (χ4n) is 1.95. The third kappa shape index (κ3) is 7.89. The Morgan fingerprint density at radius 3 is 2.44 bits per heavy atom. The fourth-order valence-corrected chi connectivity index (χ4v) is 2.14. The van der Waals surface area contributed by atoms with Crippen molar-refractivity contribution in [2.24, 2.45) is 5.92 Å². The average Bonchev–Trinajstić information content (AvgIpc) is 2.57. The maximum Gasteiger partial charge on any atom is 0.344 e. The summed E-state index contributed by atoms with van der Waals surface area (Å²) in [5.74, 6) is -1.35. The van der Waals surface area contributed by atoms with Gasteiger partial charge in [-0.3, -0.25) is 4.79 Å². The van der Waals surface area contributed by atoms with Crippen LogP contribution in [0.2, 0.25) is 5.02 Å². The topological polar surface area (TPSA) is 90.9 Å². The number of carbonyl (C=O) groups excluding carboxylic acids is 3. The molecule has 138 valence electrons. The summed E-state index contributed by atoms with van der Waals surface area (Å²) in [4.78, 5) is 35.1. The molecule has 0 spiro atoms. The van der Waals surface area contributed by atoms with Gasteiger partial charge >= 0.3 is 11.9 Å². The second-order valence-electron chi connectivity index (χ2n) is 5.65. The van der Waals surface area contributed by atoms with Crippen LogP contribution in [0.1, 0.15) is 20.3 Å². The molecule has 1 aromatic rings. The highest BCUT2D eigenvalue weighted by Gasteiger charge is 2.23.